The summed E-state index contributed by atoms with van der Waals surface area (Å²) in [7, 11) is 1.62. The molecule has 1 aliphatic heterocycles. The molecule has 7 heteroatoms. The van der Waals surface area contributed by atoms with Crippen LogP contribution in [0.25, 0.3) is 0 Å². The normalized spacial score (nSPS) is 17.2. The van der Waals surface area contributed by atoms with Gasteiger partial charge in [-0.05, 0) is 24.1 Å². The van der Waals surface area contributed by atoms with E-state index in [1.54, 1.807) is 29.5 Å². The van der Waals surface area contributed by atoms with Gasteiger partial charge in [-0.3, -0.25) is 9.59 Å². The number of hydrogen-bond acceptors (Lipinski definition) is 5. The van der Waals surface area contributed by atoms with Crippen LogP contribution < -0.4 is 10.1 Å². The van der Waals surface area contributed by atoms with E-state index in [9.17, 15) is 9.59 Å². The average Bonchev–Trinajstić information content (AvgIpc) is 3.17. The molecule has 1 atom stereocenters. The number of nitrogens with zero attached hydrogens (tertiary/aromatic N) is 2. The van der Waals surface area contributed by atoms with Crippen LogP contribution in [-0.2, 0) is 22.6 Å². The van der Waals surface area contributed by atoms with Gasteiger partial charge in [0.05, 0.1) is 18.0 Å². The molecule has 1 N–H and O–H groups in total. The van der Waals surface area contributed by atoms with Gasteiger partial charge in [0.2, 0.25) is 11.8 Å². The molecular weight excluding hydrogens is 350 g/mol. The predicted molar refractivity (Wildman–Crippen MR) is 100.0 cm³/mol. The Hall–Kier alpha value is -2.41. The number of aromatic nitrogens is 1. The molecule has 1 aromatic heterocycles. The van der Waals surface area contributed by atoms with Crippen LogP contribution in [0.15, 0.2) is 35.8 Å². The molecule has 0 spiro atoms. The molecule has 0 bridgehead atoms. The third-order valence-electron chi connectivity index (χ3n) is 4.50. The summed E-state index contributed by atoms with van der Waals surface area (Å²) >= 11 is 1.59. The van der Waals surface area contributed by atoms with Crippen LogP contribution in [0.3, 0.4) is 0 Å². The van der Waals surface area contributed by atoms with E-state index in [-0.39, 0.29) is 17.7 Å². The summed E-state index contributed by atoms with van der Waals surface area (Å²) in [6.07, 6.45) is 3.53. The van der Waals surface area contributed by atoms with Crippen LogP contribution in [-0.4, -0.2) is 41.9 Å². The molecule has 2 aromatic rings. The smallest absolute Gasteiger partial charge is 0.224 e. The summed E-state index contributed by atoms with van der Waals surface area (Å²) in [5.41, 5.74) is 1.00. The molecule has 138 valence electrons. The minimum Gasteiger partial charge on any atom is -0.497 e. The molecule has 2 amide bonds. The number of hydrogen-bond donors (Lipinski definition) is 1. The number of rotatable bonds is 7. The van der Waals surface area contributed by atoms with Crippen LogP contribution in [0.2, 0.25) is 0 Å². The third-order valence-corrected chi connectivity index (χ3v) is 5.34. The third kappa shape index (κ3) is 4.82. The SMILES string of the molecule is COc1cccc(CN2C[C@H](C(=O)NCCc3nccs3)CCC2=O)c1. The van der Waals surface area contributed by atoms with E-state index in [1.807, 2.05) is 29.6 Å². The summed E-state index contributed by atoms with van der Waals surface area (Å²) < 4.78 is 5.23. The Balaban J connectivity index is 1.53. The fourth-order valence-electron chi connectivity index (χ4n) is 3.09. The lowest BCUT2D eigenvalue weighted by Crippen LogP contribution is -2.45. The van der Waals surface area contributed by atoms with Crippen LogP contribution in [0.4, 0.5) is 0 Å². The zero-order valence-electron chi connectivity index (χ0n) is 14.8. The number of piperidine rings is 1. The number of carbonyl (C=O) groups excluding carboxylic acids is 2. The Morgan fingerprint density at radius 1 is 1.46 bits per heavy atom. The van der Waals surface area contributed by atoms with Gasteiger partial charge in [0.15, 0.2) is 0 Å². The van der Waals surface area contributed by atoms with Gasteiger partial charge in [-0.25, -0.2) is 4.98 Å². The van der Waals surface area contributed by atoms with Crippen molar-refractivity contribution in [3.05, 3.63) is 46.4 Å². The highest BCUT2D eigenvalue weighted by atomic mass is 32.1. The number of likely N-dealkylation sites (tertiary alicyclic amines) is 1. The molecule has 0 radical (unpaired) electrons. The average molecular weight is 373 g/mol. The number of nitrogens with one attached hydrogen (secondary N) is 1. The van der Waals surface area contributed by atoms with Crippen molar-refractivity contribution in [1.29, 1.82) is 0 Å². The first kappa shape index (κ1) is 18.4. The zero-order chi connectivity index (χ0) is 18.4. The second-order valence-corrected chi connectivity index (χ2v) is 7.31. The summed E-state index contributed by atoms with van der Waals surface area (Å²) in [5.74, 6) is 0.724. The Morgan fingerprint density at radius 2 is 2.35 bits per heavy atom. The van der Waals surface area contributed by atoms with Gasteiger partial charge in [0.25, 0.3) is 0 Å². The summed E-state index contributed by atoms with van der Waals surface area (Å²) in [4.78, 5) is 30.7. The molecule has 1 saturated heterocycles. The maximum absolute atomic E-state index is 12.4. The van der Waals surface area contributed by atoms with Gasteiger partial charge in [-0.1, -0.05) is 12.1 Å². The molecule has 0 unspecified atom stereocenters. The monoisotopic (exact) mass is 373 g/mol. The van der Waals surface area contributed by atoms with Gasteiger partial charge < -0.3 is 15.0 Å². The number of thiazole rings is 1. The number of amides is 2. The zero-order valence-corrected chi connectivity index (χ0v) is 15.6. The highest BCUT2D eigenvalue weighted by Gasteiger charge is 2.30. The van der Waals surface area contributed by atoms with Gasteiger partial charge >= 0.3 is 0 Å². The molecule has 2 heterocycles. The van der Waals surface area contributed by atoms with Gasteiger partial charge in [0, 0.05) is 44.1 Å². The van der Waals surface area contributed by atoms with Crippen molar-refractivity contribution in [1.82, 2.24) is 15.2 Å². The van der Waals surface area contributed by atoms with Crippen LogP contribution >= 0.6 is 11.3 Å². The topological polar surface area (TPSA) is 71.5 Å². The molecule has 0 aliphatic carbocycles. The largest absolute Gasteiger partial charge is 0.497 e. The minimum absolute atomic E-state index is 0.0182. The Morgan fingerprint density at radius 3 is 3.12 bits per heavy atom. The lowest BCUT2D eigenvalue weighted by Gasteiger charge is -2.32. The van der Waals surface area contributed by atoms with Crippen molar-refractivity contribution in [2.75, 3.05) is 20.2 Å². The van der Waals surface area contributed by atoms with E-state index in [0.29, 0.717) is 32.5 Å². The molecule has 1 aromatic carbocycles. The fraction of sp³-hybridized carbons (Fsp3) is 0.421. The summed E-state index contributed by atoms with van der Waals surface area (Å²) in [6.45, 7) is 1.53. The predicted octanol–water partition coefficient (Wildman–Crippen LogP) is 2.25. The van der Waals surface area contributed by atoms with Crippen molar-refractivity contribution >= 4 is 23.2 Å². The van der Waals surface area contributed by atoms with Gasteiger partial charge in [0.1, 0.15) is 5.75 Å². The number of carbonyl (C=O) groups is 2. The number of benzene rings is 1. The maximum atomic E-state index is 12.4. The van der Waals surface area contributed by atoms with Crippen LogP contribution in [0.5, 0.6) is 5.75 Å². The van der Waals surface area contributed by atoms with E-state index in [1.165, 1.54) is 0 Å². The number of ether oxygens (including phenoxy) is 1. The molecule has 1 aliphatic rings. The van der Waals surface area contributed by atoms with Crippen molar-refractivity contribution in [3.8, 4) is 5.75 Å². The van der Waals surface area contributed by atoms with Crippen molar-refractivity contribution in [2.45, 2.75) is 25.8 Å². The maximum Gasteiger partial charge on any atom is 0.224 e. The fourth-order valence-corrected chi connectivity index (χ4v) is 3.71. The van der Waals surface area contributed by atoms with E-state index in [4.69, 9.17) is 4.74 Å². The van der Waals surface area contributed by atoms with E-state index >= 15 is 0 Å². The highest BCUT2D eigenvalue weighted by Crippen LogP contribution is 2.21. The number of methoxy groups -OCH3 is 1. The Kier molecular flexibility index (Phi) is 6.22. The second-order valence-electron chi connectivity index (χ2n) is 6.33. The Labute approximate surface area is 157 Å². The Bertz CT molecular complexity index is 748. The van der Waals surface area contributed by atoms with E-state index in [2.05, 4.69) is 10.3 Å². The molecular formula is C19H23N3O3S. The first-order valence-corrected chi connectivity index (χ1v) is 9.60. The highest BCUT2D eigenvalue weighted by molar-refractivity contribution is 7.09. The van der Waals surface area contributed by atoms with Crippen LogP contribution in [0, 0.1) is 5.92 Å². The minimum atomic E-state index is -0.158. The lowest BCUT2D eigenvalue weighted by molar-refractivity contribution is -0.138. The van der Waals surface area contributed by atoms with Crippen molar-refractivity contribution in [3.63, 3.8) is 0 Å². The second kappa shape index (κ2) is 8.80. The summed E-state index contributed by atoms with van der Waals surface area (Å²) in [6, 6.07) is 7.67. The molecule has 3 rings (SSSR count). The van der Waals surface area contributed by atoms with Crippen molar-refractivity contribution in [2.24, 2.45) is 5.92 Å². The lowest BCUT2D eigenvalue weighted by atomic mass is 9.96. The molecule has 1 fully saturated rings. The first-order chi connectivity index (χ1) is 12.7. The summed E-state index contributed by atoms with van der Waals surface area (Å²) in [5, 5.41) is 5.93. The van der Waals surface area contributed by atoms with E-state index in [0.717, 1.165) is 22.7 Å². The molecule has 26 heavy (non-hydrogen) atoms. The van der Waals surface area contributed by atoms with Gasteiger partial charge in [-0.15, -0.1) is 11.3 Å². The first-order valence-electron chi connectivity index (χ1n) is 8.72. The van der Waals surface area contributed by atoms with E-state index < -0.39 is 0 Å². The van der Waals surface area contributed by atoms with Crippen molar-refractivity contribution < 1.29 is 14.3 Å². The standard InChI is InChI=1S/C19H23N3O3S/c1-25-16-4-2-3-14(11-16)12-22-13-15(5-6-18(22)23)19(24)21-8-7-17-20-9-10-26-17/h2-4,9-11,15H,5-8,12-13H2,1H3,(H,21,24)/t15-/m1/s1. The van der Waals surface area contributed by atoms with Crippen LogP contribution in [0.1, 0.15) is 23.4 Å². The molecule has 6 nitrogen and oxygen atoms in total. The quantitative estimate of drug-likeness (QED) is 0.808. The van der Waals surface area contributed by atoms with Gasteiger partial charge in [-0.2, -0.15) is 0 Å². The molecule has 0 saturated carbocycles.